The van der Waals surface area contributed by atoms with E-state index in [0.29, 0.717) is 16.5 Å². The fraction of sp³-hybridized carbons (Fsp3) is 0.312. The molecule has 0 aliphatic carbocycles. The number of methoxy groups -OCH3 is 1. The van der Waals surface area contributed by atoms with Crippen LogP contribution in [0.25, 0.3) is 0 Å². The van der Waals surface area contributed by atoms with E-state index in [4.69, 9.17) is 16.3 Å². The molecule has 1 heterocycles. The lowest BCUT2D eigenvalue weighted by Gasteiger charge is -2.23. The molecule has 0 aliphatic heterocycles. The van der Waals surface area contributed by atoms with Crippen molar-refractivity contribution in [1.82, 2.24) is 0 Å². The molecule has 0 radical (unpaired) electrons. The Hall–Kier alpha value is -1.52. The van der Waals surface area contributed by atoms with E-state index in [1.54, 1.807) is 29.5 Å². The van der Waals surface area contributed by atoms with Crippen molar-refractivity contribution in [3.63, 3.8) is 0 Å². The van der Waals surface area contributed by atoms with Crippen LogP contribution in [0, 0.1) is 5.92 Å². The van der Waals surface area contributed by atoms with Gasteiger partial charge in [0, 0.05) is 4.88 Å². The van der Waals surface area contributed by atoms with Crippen LogP contribution >= 0.6 is 22.9 Å². The molecule has 1 N–H and O–H groups in total. The van der Waals surface area contributed by atoms with Crippen LogP contribution in [0.15, 0.2) is 35.7 Å². The molecule has 0 aliphatic rings. The summed E-state index contributed by atoms with van der Waals surface area (Å²) in [5.41, 5.74) is 1.23. The number of carbonyl (C=O) groups is 1. The monoisotopic (exact) mass is 323 g/mol. The number of anilines is 1. The third-order valence-corrected chi connectivity index (χ3v) is 4.50. The predicted octanol–water partition coefficient (Wildman–Crippen LogP) is 5.00. The molecule has 3 nitrogen and oxygen atoms in total. The summed E-state index contributed by atoms with van der Waals surface area (Å²) in [7, 11) is 1.37. The molecule has 2 rings (SSSR count). The Balaban J connectivity index is 2.30. The second-order valence-corrected chi connectivity index (χ2v) is 6.45. The smallest absolute Gasteiger partial charge is 0.337 e. The van der Waals surface area contributed by atoms with Gasteiger partial charge in [-0.25, -0.2) is 4.79 Å². The Labute approximate surface area is 133 Å². The minimum absolute atomic E-state index is 0.149. The number of nitrogens with one attached hydrogen (secondary N) is 1. The summed E-state index contributed by atoms with van der Waals surface area (Å²) in [4.78, 5) is 12.9. The van der Waals surface area contributed by atoms with Crippen molar-refractivity contribution in [2.45, 2.75) is 19.9 Å². The standard InChI is InChI=1S/C16H18ClNO2S/c1-10(2)15(14-5-4-8-21-14)18-13-9-11(16(19)20-3)6-7-12(13)17/h4-10,15,18H,1-3H3. The highest BCUT2D eigenvalue weighted by atomic mass is 35.5. The summed E-state index contributed by atoms with van der Waals surface area (Å²) >= 11 is 7.95. The number of esters is 1. The average Bonchev–Trinajstić information content (AvgIpc) is 2.99. The van der Waals surface area contributed by atoms with Crippen LogP contribution in [0.2, 0.25) is 5.02 Å². The first kappa shape index (κ1) is 15.9. The Morgan fingerprint density at radius 1 is 1.33 bits per heavy atom. The number of carbonyl (C=O) groups excluding carboxylic acids is 1. The van der Waals surface area contributed by atoms with Crippen LogP contribution in [0.1, 0.15) is 35.1 Å². The van der Waals surface area contributed by atoms with Crippen molar-refractivity contribution < 1.29 is 9.53 Å². The normalized spacial score (nSPS) is 12.2. The molecular formula is C16H18ClNO2S. The number of ether oxygens (including phenoxy) is 1. The summed E-state index contributed by atoms with van der Waals surface area (Å²) < 4.78 is 4.75. The van der Waals surface area contributed by atoms with Gasteiger partial charge in [-0.1, -0.05) is 31.5 Å². The topological polar surface area (TPSA) is 38.3 Å². The third-order valence-electron chi connectivity index (χ3n) is 3.21. The van der Waals surface area contributed by atoms with Gasteiger partial charge in [0.2, 0.25) is 0 Å². The summed E-state index contributed by atoms with van der Waals surface area (Å²) in [6.07, 6.45) is 0. The van der Waals surface area contributed by atoms with Gasteiger partial charge in [-0.2, -0.15) is 0 Å². The van der Waals surface area contributed by atoms with Crippen LogP contribution in [-0.2, 0) is 4.74 Å². The molecule has 0 saturated carbocycles. The minimum Gasteiger partial charge on any atom is -0.465 e. The van der Waals surface area contributed by atoms with E-state index in [-0.39, 0.29) is 12.0 Å². The lowest BCUT2D eigenvalue weighted by molar-refractivity contribution is 0.0601. The number of hydrogen-bond donors (Lipinski definition) is 1. The van der Waals surface area contributed by atoms with Crippen molar-refractivity contribution in [2.75, 3.05) is 12.4 Å². The van der Waals surface area contributed by atoms with E-state index in [9.17, 15) is 4.79 Å². The lowest BCUT2D eigenvalue weighted by Crippen LogP contribution is -2.16. The summed E-state index contributed by atoms with van der Waals surface area (Å²) in [5, 5.41) is 6.08. The second kappa shape index (κ2) is 6.96. The SMILES string of the molecule is COC(=O)c1ccc(Cl)c(NC(c2cccs2)C(C)C)c1. The first-order chi connectivity index (χ1) is 10.0. The molecule has 0 bridgehead atoms. The maximum absolute atomic E-state index is 11.6. The first-order valence-electron chi connectivity index (χ1n) is 6.70. The average molecular weight is 324 g/mol. The molecule has 1 atom stereocenters. The fourth-order valence-electron chi connectivity index (χ4n) is 2.08. The van der Waals surface area contributed by atoms with Gasteiger partial charge in [0.15, 0.2) is 0 Å². The van der Waals surface area contributed by atoms with E-state index >= 15 is 0 Å². The zero-order valence-electron chi connectivity index (χ0n) is 12.2. The zero-order chi connectivity index (χ0) is 15.4. The van der Waals surface area contributed by atoms with Crippen molar-refractivity contribution in [1.29, 1.82) is 0 Å². The van der Waals surface area contributed by atoms with Gasteiger partial charge in [-0.3, -0.25) is 0 Å². The van der Waals surface area contributed by atoms with Gasteiger partial charge in [-0.15, -0.1) is 11.3 Å². The third kappa shape index (κ3) is 3.77. The maximum atomic E-state index is 11.6. The Bertz CT molecular complexity index is 611. The molecule has 112 valence electrons. The van der Waals surface area contributed by atoms with Crippen molar-refractivity contribution in [2.24, 2.45) is 5.92 Å². The molecule has 1 aromatic heterocycles. The molecule has 1 aromatic carbocycles. The van der Waals surface area contributed by atoms with Gasteiger partial charge in [0.1, 0.15) is 0 Å². The molecule has 0 fully saturated rings. The second-order valence-electron chi connectivity index (χ2n) is 5.07. The highest BCUT2D eigenvalue weighted by Crippen LogP contribution is 2.33. The largest absolute Gasteiger partial charge is 0.465 e. The van der Waals surface area contributed by atoms with Crippen molar-refractivity contribution in [3.8, 4) is 0 Å². The molecule has 21 heavy (non-hydrogen) atoms. The van der Waals surface area contributed by atoms with E-state index in [0.717, 1.165) is 5.69 Å². The lowest BCUT2D eigenvalue weighted by atomic mass is 10.0. The molecular weight excluding hydrogens is 306 g/mol. The van der Waals surface area contributed by atoms with Gasteiger partial charge >= 0.3 is 5.97 Å². The molecule has 0 spiro atoms. The molecule has 1 unspecified atom stereocenters. The van der Waals surface area contributed by atoms with Gasteiger partial charge in [-0.05, 0) is 35.6 Å². The number of thiophene rings is 1. The van der Waals surface area contributed by atoms with E-state index < -0.39 is 0 Å². The van der Waals surface area contributed by atoms with Crippen LogP contribution in [0.4, 0.5) is 5.69 Å². The van der Waals surface area contributed by atoms with Crippen LogP contribution in [0.5, 0.6) is 0 Å². The quantitative estimate of drug-likeness (QED) is 0.787. The van der Waals surface area contributed by atoms with E-state index in [1.807, 2.05) is 6.07 Å². The Morgan fingerprint density at radius 2 is 2.10 bits per heavy atom. The van der Waals surface area contributed by atoms with Gasteiger partial charge in [0.25, 0.3) is 0 Å². The van der Waals surface area contributed by atoms with Crippen LogP contribution in [0.3, 0.4) is 0 Å². The number of rotatable bonds is 5. The number of hydrogen-bond acceptors (Lipinski definition) is 4. The van der Waals surface area contributed by atoms with E-state index in [2.05, 4.69) is 30.6 Å². The van der Waals surface area contributed by atoms with Crippen molar-refractivity contribution >= 4 is 34.6 Å². The highest BCUT2D eigenvalue weighted by molar-refractivity contribution is 7.10. The summed E-state index contributed by atoms with van der Waals surface area (Å²) in [5.74, 6) is 0.0217. The zero-order valence-corrected chi connectivity index (χ0v) is 13.8. The molecule has 0 saturated heterocycles. The van der Waals surface area contributed by atoms with Gasteiger partial charge < -0.3 is 10.1 Å². The predicted molar refractivity (Wildman–Crippen MR) is 88.3 cm³/mol. The molecule has 5 heteroatoms. The molecule has 0 amide bonds. The number of halogens is 1. The Morgan fingerprint density at radius 3 is 2.67 bits per heavy atom. The van der Waals surface area contributed by atoms with Crippen molar-refractivity contribution in [3.05, 3.63) is 51.2 Å². The van der Waals surface area contributed by atoms with Crippen LogP contribution < -0.4 is 5.32 Å². The maximum Gasteiger partial charge on any atom is 0.337 e. The van der Waals surface area contributed by atoms with Crippen LogP contribution in [-0.4, -0.2) is 13.1 Å². The minimum atomic E-state index is -0.369. The number of benzene rings is 1. The summed E-state index contributed by atoms with van der Waals surface area (Å²) in [6.45, 7) is 4.30. The molecule has 2 aromatic rings. The van der Waals surface area contributed by atoms with E-state index in [1.165, 1.54) is 12.0 Å². The van der Waals surface area contributed by atoms with Gasteiger partial charge in [0.05, 0.1) is 29.4 Å². The fourth-order valence-corrected chi connectivity index (χ4v) is 3.20. The summed E-state index contributed by atoms with van der Waals surface area (Å²) in [6, 6.07) is 9.38. The Kier molecular flexibility index (Phi) is 5.26. The first-order valence-corrected chi connectivity index (χ1v) is 7.96. The highest BCUT2D eigenvalue weighted by Gasteiger charge is 2.18.